The standard InChI is InChI=1S/C10H14N4O2/c11-6-10(4-1-5-10)12-9(16)7-2-3-8(15)14-13-7/h2-3H,1,4-6,11H2,(H,12,16)(H,14,15). The van der Waals surface area contributed by atoms with Crippen molar-refractivity contribution < 1.29 is 4.79 Å². The second-order valence-corrected chi connectivity index (χ2v) is 4.10. The Hall–Kier alpha value is -1.69. The molecular formula is C10H14N4O2. The van der Waals surface area contributed by atoms with Gasteiger partial charge in [-0.3, -0.25) is 9.59 Å². The lowest BCUT2D eigenvalue weighted by Crippen LogP contribution is -2.58. The third kappa shape index (κ3) is 1.96. The van der Waals surface area contributed by atoms with Crippen molar-refractivity contribution in [3.05, 3.63) is 28.2 Å². The van der Waals surface area contributed by atoms with Gasteiger partial charge in [-0.05, 0) is 25.3 Å². The maximum absolute atomic E-state index is 11.8. The fourth-order valence-corrected chi connectivity index (χ4v) is 1.76. The number of nitrogens with two attached hydrogens (primary N) is 1. The average molecular weight is 222 g/mol. The fraction of sp³-hybridized carbons (Fsp3) is 0.500. The van der Waals surface area contributed by atoms with Crippen LogP contribution in [0.15, 0.2) is 16.9 Å². The van der Waals surface area contributed by atoms with Gasteiger partial charge in [0.1, 0.15) is 5.69 Å². The minimum Gasteiger partial charge on any atom is -0.344 e. The van der Waals surface area contributed by atoms with Gasteiger partial charge < -0.3 is 11.1 Å². The fourth-order valence-electron chi connectivity index (χ4n) is 1.76. The Morgan fingerprint density at radius 2 is 2.31 bits per heavy atom. The van der Waals surface area contributed by atoms with Crippen molar-refractivity contribution in [3.8, 4) is 0 Å². The van der Waals surface area contributed by atoms with Gasteiger partial charge in [0.25, 0.3) is 11.5 Å². The summed E-state index contributed by atoms with van der Waals surface area (Å²) in [5.41, 5.74) is 5.24. The van der Waals surface area contributed by atoms with Crippen molar-refractivity contribution in [1.82, 2.24) is 15.5 Å². The van der Waals surface area contributed by atoms with Crippen molar-refractivity contribution in [1.29, 1.82) is 0 Å². The zero-order valence-corrected chi connectivity index (χ0v) is 8.82. The highest BCUT2D eigenvalue weighted by atomic mass is 16.2. The predicted molar refractivity (Wildman–Crippen MR) is 58.0 cm³/mol. The van der Waals surface area contributed by atoms with Crippen molar-refractivity contribution in [2.24, 2.45) is 5.73 Å². The molecule has 86 valence electrons. The summed E-state index contributed by atoms with van der Waals surface area (Å²) < 4.78 is 0. The molecule has 6 heteroatoms. The molecule has 6 nitrogen and oxygen atoms in total. The highest BCUT2D eigenvalue weighted by molar-refractivity contribution is 5.92. The molecule has 0 saturated heterocycles. The topological polar surface area (TPSA) is 101 Å². The van der Waals surface area contributed by atoms with E-state index in [1.54, 1.807) is 0 Å². The van der Waals surface area contributed by atoms with Crippen LogP contribution in [0.4, 0.5) is 0 Å². The number of nitrogens with zero attached hydrogens (tertiary/aromatic N) is 1. The molecule has 16 heavy (non-hydrogen) atoms. The largest absolute Gasteiger partial charge is 0.344 e. The Bertz CT molecular complexity index is 424. The van der Waals surface area contributed by atoms with Crippen molar-refractivity contribution in [3.63, 3.8) is 0 Å². The van der Waals surface area contributed by atoms with Gasteiger partial charge >= 0.3 is 0 Å². The first-order chi connectivity index (χ1) is 7.65. The van der Waals surface area contributed by atoms with Crippen LogP contribution in [0.5, 0.6) is 0 Å². The summed E-state index contributed by atoms with van der Waals surface area (Å²) in [6, 6.07) is 2.68. The van der Waals surface area contributed by atoms with Crippen molar-refractivity contribution in [2.75, 3.05) is 6.54 Å². The first kappa shape index (κ1) is 10.8. The number of aromatic amines is 1. The quantitative estimate of drug-likeness (QED) is 0.634. The van der Waals surface area contributed by atoms with Gasteiger partial charge in [-0.2, -0.15) is 5.10 Å². The smallest absolute Gasteiger partial charge is 0.272 e. The van der Waals surface area contributed by atoms with E-state index in [0.717, 1.165) is 19.3 Å². The molecule has 1 fully saturated rings. The van der Waals surface area contributed by atoms with E-state index in [-0.39, 0.29) is 22.7 Å². The Morgan fingerprint density at radius 3 is 2.75 bits per heavy atom. The SMILES string of the molecule is NCC1(NC(=O)c2ccc(=O)[nH]n2)CCC1. The summed E-state index contributed by atoms with van der Waals surface area (Å²) in [6.45, 7) is 0.433. The van der Waals surface area contributed by atoms with Crippen molar-refractivity contribution >= 4 is 5.91 Å². The molecule has 1 saturated carbocycles. The van der Waals surface area contributed by atoms with E-state index in [1.807, 2.05) is 0 Å². The number of amides is 1. The molecular weight excluding hydrogens is 208 g/mol. The van der Waals surface area contributed by atoms with E-state index < -0.39 is 0 Å². The molecule has 1 aromatic heterocycles. The van der Waals surface area contributed by atoms with Crippen LogP contribution in [-0.2, 0) is 0 Å². The van der Waals surface area contributed by atoms with Crippen LogP contribution in [0.3, 0.4) is 0 Å². The summed E-state index contributed by atoms with van der Waals surface area (Å²) in [5.74, 6) is -0.290. The van der Waals surface area contributed by atoms with E-state index in [2.05, 4.69) is 15.5 Å². The van der Waals surface area contributed by atoms with Gasteiger partial charge in [-0.25, -0.2) is 5.10 Å². The number of carbonyl (C=O) groups is 1. The summed E-state index contributed by atoms with van der Waals surface area (Å²) >= 11 is 0. The molecule has 0 unspecified atom stereocenters. The number of nitrogens with one attached hydrogen (secondary N) is 2. The molecule has 0 aromatic carbocycles. The minimum atomic E-state index is -0.325. The lowest BCUT2D eigenvalue weighted by atomic mass is 9.77. The molecule has 1 aliphatic rings. The van der Waals surface area contributed by atoms with Crippen LogP contribution >= 0.6 is 0 Å². The molecule has 2 rings (SSSR count). The van der Waals surface area contributed by atoms with E-state index in [9.17, 15) is 9.59 Å². The molecule has 1 aromatic rings. The maximum Gasteiger partial charge on any atom is 0.272 e. The second kappa shape index (κ2) is 4.05. The summed E-state index contributed by atoms with van der Waals surface area (Å²) in [5, 5.41) is 8.75. The molecule has 0 bridgehead atoms. The summed E-state index contributed by atoms with van der Waals surface area (Å²) in [7, 11) is 0. The zero-order valence-electron chi connectivity index (χ0n) is 8.82. The molecule has 0 atom stereocenters. The second-order valence-electron chi connectivity index (χ2n) is 4.10. The lowest BCUT2D eigenvalue weighted by Gasteiger charge is -2.41. The van der Waals surface area contributed by atoms with E-state index in [0.29, 0.717) is 6.54 Å². The average Bonchev–Trinajstić information content (AvgIpc) is 2.24. The van der Waals surface area contributed by atoms with Gasteiger partial charge in [-0.1, -0.05) is 0 Å². The molecule has 1 aliphatic carbocycles. The van der Waals surface area contributed by atoms with Crippen LogP contribution in [-0.4, -0.2) is 28.2 Å². The number of hydrogen-bond acceptors (Lipinski definition) is 4. The van der Waals surface area contributed by atoms with Gasteiger partial charge in [0, 0.05) is 12.6 Å². The molecule has 1 heterocycles. The van der Waals surface area contributed by atoms with Crippen LogP contribution in [0.1, 0.15) is 29.8 Å². The maximum atomic E-state index is 11.8. The van der Waals surface area contributed by atoms with Crippen LogP contribution in [0.2, 0.25) is 0 Å². The Balaban J connectivity index is 2.08. The molecule has 0 spiro atoms. The normalized spacial score (nSPS) is 17.6. The van der Waals surface area contributed by atoms with Gasteiger partial charge in [0.05, 0.1) is 5.54 Å². The monoisotopic (exact) mass is 222 g/mol. The summed E-state index contributed by atoms with van der Waals surface area (Å²) in [6.07, 6.45) is 2.88. The molecule has 0 aliphatic heterocycles. The third-order valence-electron chi connectivity index (χ3n) is 2.99. The molecule has 1 amide bonds. The number of aromatic nitrogens is 2. The highest BCUT2D eigenvalue weighted by Gasteiger charge is 2.37. The van der Waals surface area contributed by atoms with E-state index in [4.69, 9.17) is 5.73 Å². The number of hydrogen-bond donors (Lipinski definition) is 3. The highest BCUT2D eigenvalue weighted by Crippen LogP contribution is 2.30. The molecule has 0 radical (unpaired) electrons. The van der Waals surface area contributed by atoms with Crippen LogP contribution in [0, 0.1) is 0 Å². The minimum absolute atomic E-state index is 0.208. The Kier molecular flexibility index (Phi) is 2.74. The number of carbonyl (C=O) groups excluding carboxylic acids is 1. The first-order valence-electron chi connectivity index (χ1n) is 5.24. The van der Waals surface area contributed by atoms with Crippen LogP contribution in [0.25, 0.3) is 0 Å². The van der Waals surface area contributed by atoms with Gasteiger partial charge in [0.15, 0.2) is 0 Å². The number of H-pyrrole nitrogens is 1. The van der Waals surface area contributed by atoms with E-state index in [1.165, 1.54) is 12.1 Å². The zero-order chi connectivity index (χ0) is 11.6. The van der Waals surface area contributed by atoms with Crippen LogP contribution < -0.4 is 16.6 Å². The van der Waals surface area contributed by atoms with Gasteiger partial charge in [-0.15, -0.1) is 0 Å². The predicted octanol–water partition coefficient (Wildman–Crippen LogP) is -0.619. The van der Waals surface area contributed by atoms with Gasteiger partial charge in [0.2, 0.25) is 0 Å². The Morgan fingerprint density at radius 1 is 1.56 bits per heavy atom. The molecule has 4 N–H and O–H groups in total. The lowest BCUT2D eigenvalue weighted by molar-refractivity contribution is 0.0831. The van der Waals surface area contributed by atoms with Crippen molar-refractivity contribution in [2.45, 2.75) is 24.8 Å². The summed E-state index contributed by atoms with van der Waals surface area (Å²) in [4.78, 5) is 22.6. The van der Waals surface area contributed by atoms with E-state index >= 15 is 0 Å². The first-order valence-corrected chi connectivity index (χ1v) is 5.24. The third-order valence-corrected chi connectivity index (χ3v) is 2.99. The number of rotatable bonds is 3. The Labute approximate surface area is 92.2 Å².